The first-order valence-electron chi connectivity index (χ1n) is 10.1. The predicted molar refractivity (Wildman–Crippen MR) is 109 cm³/mol. The number of ether oxygens (including phenoxy) is 1. The maximum Gasteiger partial charge on any atom is 0.261 e. The molecule has 1 aliphatic carbocycles. The van der Waals surface area contributed by atoms with Gasteiger partial charge in [-0.15, -0.1) is 0 Å². The highest BCUT2D eigenvalue weighted by molar-refractivity contribution is 5.95. The van der Waals surface area contributed by atoms with Crippen LogP contribution in [-0.4, -0.2) is 29.5 Å². The summed E-state index contributed by atoms with van der Waals surface area (Å²) in [7, 11) is 0. The molecule has 0 saturated carbocycles. The van der Waals surface area contributed by atoms with Crippen LogP contribution in [0.5, 0.6) is 0 Å². The van der Waals surface area contributed by atoms with Crippen molar-refractivity contribution >= 4 is 17.5 Å². The van der Waals surface area contributed by atoms with Crippen LogP contribution in [0.3, 0.4) is 0 Å². The van der Waals surface area contributed by atoms with Crippen LogP contribution in [0.15, 0.2) is 35.1 Å². The first-order valence-corrected chi connectivity index (χ1v) is 10.1. The van der Waals surface area contributed by atoms with E-state index in [1.54, 1.807) is 12.1 Å². The van der Waals surface area contributed by atoms with Crippen LogP contribution in [-0.2, 0) is 28.9 Å². The third-order valence-corrected chi connectivity index (χ3v) is 5.45. The van der Waals surface area contributed by atoms with Crippen molar-refractivity contribution in [2.24, 2.45) is 0 Å². The Bertz CT molecular complexity index is 976. The Labute approximate surface area is 168 Å². The fraction of sp³-hybridized carbons (Fsp3) is 0.409. The van der Waals surface area contributed by atoms with Gasteiger partial charge in [-0.1, -0.05) is 12.1 Å². The lowest BCUT2D eigenvalue weighted by Crippen LogP contribution is -2.31. The summed E-state index contributed by atoms with van der Waals surface area (Å²) in [5, 5.41) is 5.66. The number of benzene rings is 1. The molecule has 1 aromatic carbocycles. The smallest absolute Gasteiger partial charge is 0.261 e. The molecule has 152 valence electrons. The van der Waals surface area contributed by atoms with Gasteiger partial charge in [0.15, 0.2) is 0 Å². The minimum Gasteiger partial charge on any atom is -0.368 e. The molecule has 1 aromatic heterocycles. The lowest BCUT2D eigenvalue weighted by Gasteiger charge is -2.16. The second-order valence-corrected chi connectivity index (χ2v) is 7.60. The van der Waals surface area contributed by atoms with Gasteiger partial charge in [-0.2, -0.15) is 0 Å². The second-order valence-electron chi connectivity index (χ2n) is 7.60. The Morgan fingerprint density at radius 1 is 1.14 bits per heavy atom. The standard InChI is InChI=1S/C22H25N3O4/c26-20(17-12-15-6-1-2-8-18(15)25-21(17)27)23-13-14-5-3-7-16(11-14)24-22(28)19-9-4-10-29-19/h3,5,7,11-12,19H,1-2,4,6,8-10,13H2,(H,23,26)(H,24,28)(H,25,27). The number of nitrogens with one attached hydrogen (secondary N) is 3. The minimum absolute atomic E-state index is 0.147. The molecule has 7 heteroatoms. The van der Waals surface area contributed by atoms with Gasteiger partial charge in [0.1, 0.15) is 11.7 Å². The maximum atomic E-state index is 12.5. The Hall–Kier alpha value is -2.93. The zero-order valence-corrected chi connectivity index (χ0v) is 16.3. The van der Waals surface area contributed by atoms with Gasteiger partial charge in [-0.25, -0.2) is 0 Å². The monoisotopic (exact) mass is 395 g/mol. The van der Waals surface area contributed by atoms with Crippen molar-refractivity contribution in [1.82, 2.24) is 10.3 Å². The minimum atomic E-state index is -0.395. The fourth-order valence-electron chi connectivity index (χ4n) is 3.89. The van der Waals surface area contributed by atoms with E-state index in [2.05, 4.69) is 15.6 Å². The van der Waals surface area contributed by atoms with Gasteiger partial charge in [-0.3, -0.25) is 14.4 Å². The molecule has 3 N–H and O–H groups in total. The summed E-state index contributed by atoms with van der Waals surface area (Å²) in [5.41, 5.74) is 3.29. The van der Waals surface area contributed by atoms with E-state index in [4.69, 9.17) is 4.74 Å². The zero-order valence-electron chi connectivity index (χ0n) is 16.3. The van der Waals surface area contributed by atoms with E-state index in [1.807, 2.05) is 18.2 Å². The van der Waals surface area contributed by atoms with Gasteiger partial charge in [0.2, 0.25) is 0 Å². The summed E-state index contributed by atoms with van der Waals surface area (Å²) in [6.45, 7) is 0.880. The molecule has 0 radical (unpaired) electrons. The average Bonchev–Trinajstić information content (AvgIpc) is 3.27. The molecule has 2 amide bonds. The lowest BCUT2D eigenvalue weighted by atomic mass is 9.95. The lowest BCUT2D eigenvalue weighted by molar-refractivity contribution is -0.124. The van der Waals surface area contributed by atoms with Crippen molar-refractivity contribution in [3.05, 3.63) is 63.1 Å². The number of carbonyl (C=O) groups excluding carboxylic acids is 2. The van der Waals surface area contributed by atoms with Crippen LogP contribution in [0, 0.1) is 0 Å². The van der Waals surface area contributed by atoms with Crippen molar-refractivity contribution in [3.63, 3.8) is 0 Å². The molecule has 29 heavy (non-hydrogen) atoms. The highest BCUT2D eigenvalue weighted by Crippen LogP contribution is 2.19. The van der Waals surface area contributed by atoms with Crippen molar-refractivity contribution < 1.29 is 14.3 Å². The third-order valence-electron chi connectivity index (χ3n) is 5.45. The Morgan fingerprint density at radius 2 is 2.00 bits per heavy atom. The van der Waals surface area contributed by atoms with E-state index >= 15 is 0 Å². The molecule has 2 aliphatic rings. The Morgan fingerprint density at radius 3 is 2.83 bits per heavy atom. The molecule has 1 unspecified atom stereocenters. The van der Waals surface area contributed by atoms with Crippen molar-refractivity contribution in [3.8, 4) is 0 Å². The van der Waals surface area contributed by atoms with Crippen LogP contribution < -0.4 is 16.2 Å². The molecule has 1 aliphatic heterocycles. The SMILES string of the molecule is O=C(NCc1cccc(NC(=O)C2CCCO2)c1)c1cc2c([nH]c1=O)CCCC2. The van der Waals surface area contributed by atoms with Crippen LogP contribution in [0.1, 0.15) is 52.9 Å². The Balaban J connectivity index is 1.39. The first kappa shape index (κ1) is 19.4. The van der Waals surface area contributed by atoms with Crippen molar-refractivity contribution in [2.75, 3.05) is 11.9 Å². The molecule has 2 aromatic rings. The van der Waals surface area contributed by atoms with Crippen LogP contribution in [0.25, 0.3) is 0 Å². The summed E-state index contributed by atoms with van der Waals surface area (Å²) in [6, 6.07) is 9.01. The maximum absolute atomic E-state index is 12.5. The van der Waals surface area contributed by atoms with Gasteiger partial charge in [0, 0.05) is 24.5 Å². The molecule has 7 nitrogen and oxygen atoms in total. The molecule has 1 fully saturated rings. The summed E-state index contributed by atoms with van der Waals surface area (Å²) in [4.78, 5) is 39.9. The number of aryl methyl sites for hydroxylation is 2. The molecule has 4 rings (SSSR count). The molecule has 1 saturated heterocycles. The van der Waals surface area contributed by atoms with Gasteiger partial charge in [0.05, 0.1) is 0 Å². The number of fused-ring (bicyclic) bond motifs is 1. The highest BCUT2D eigenvalue weighted by atomic mass is 16.5. The molecule has 2 heterocycles. The second kappa shape index (κ2) is 8.61. The van der Waals surface area contributed by atoms with Gasteiger partial charge in [-0.05, 0) is 67.9 Å². The quantitative estimate of drug-likeness (QED) is 0.723. The molecular formula is C22H25N3O4. The fourth-order valence-corrected chi connectivity index (χ4v) is 3.89. The molecular weight excluding hydrogens is 370 g/mol. The largest absolute Gasteiger partial charge is 0.368 e. The number of hydrogen-bond acceptors (Lipinski definition) is 4. The highest BCUT2D eigenvalue weighted by Gasteiger charge is 2.23. The van der Waals surface area contributed by atoms with Crippen molar-refractivity contribution in [1.29, 1.82) is 0 Å². The van der Waals surface area contributed by atoms with E-state index in [0.29, 0.717) is 12.3 Å². The number of anilines is 1. The molecule has 1 atom stereocenters. The number of hydrogen-bond donors (Lipinski definition) is 3. The van der Waals surface area contributed by atoms with Crippen LogP contribution in [0.4, 0.5) is 5.69 Å². The van der Waals surface area contributed by atoms with E-state index in [1.165, 1.54) is 0 Å². The van der Waals surface area contributed by atoms with E-state index in [-0.39, 0.29) is 23.6 Å². The average molecular weight is 395 g/mol. The zero-order chi connectivity index (χ0) is 20.2. The van der Waals surface area contributed by atoms with Crippen molar-refractivity contribution in [2.45, 2.75) is 51.2 Å². The summed E-state index contributed by atoms with van der Waals surface area (Å²) < 4.78 is 5.39. The van der Waals surface area contributed by atoms with Gasteiger partial charge >= 0.3 is 0 Å². The summed E-state index contributed by atoms with van der Waals surface area (Å²) >= 11 is 0. The number of H-pyrrole nitrogens is 1. The molecule has 0 spiro atoms. The van der Waals surface area contributed by atoms with Gasteiger partial charge < -0.3 is 20.4 Å². The first-order chi connectivity index (χ1) is 14.1. The topological polar surface area (TPSA) is 100 Å². The summed E-state index contributed by atoms with van der Waals surface area (Å²) in [6.07, 6.45) is 5.12. The number of aromatic amines is 1. The van der Waals surface area contributed by atoms with Crippen LogP contribution >= 0.6 is 0 Å². The molecule has 0 bridgehead atoms. The van der Waals surface area contributed by atoms with E-state index in [9.17, 15) is 14.4 Å². The Kier molecular flexibility index (Phi) is 5.76. The normalized spacial score (nSPS) is 18.1. The summed E-state index contributed by atoms with van der Waals surface area (Å²) in [5.74, 6) is -0.544. The number of pyridine rings is 1. The predicted octanol–water partition coefficient (Wildman–Crippen LogP) is 2.30. The number of aromatic nitrogens is 1. The number of rotatable bonds is 5. The van der Waals surface area contributed by atoms with E-state index < -0.39 is 12.0 Å². The number of amides is 2. The number of carbonyl (C=O) groups is 2. The van der Waals surface area contributed by atoms with E-state index in [0.717, 1.165) is 55.3 Å². The van der Waals surface area contributed by atoms with Gasteiger partial charge in [0.25, 0.3) is 17.4 Å². The van der Waals surface area contributed by atoms with Crippen LogP contribution in [0.2, 0.25) is 0 Å². The third kappa shape index (κ3) is 4.56.